The van der Waals surface area contributed by atoms with Gasteiger partial charge in [0, 0.05) is 18.3 Å². The maximum atomic E-state index is 11.6. The number of ether oxygens (including phenoxy) is 1. The van der Waals surface area contributed by atoms with E-state index in [9.17, 15) is 4.79 Å². The minimum atomic E-state index is -0.254. The second-order valence-corrected chi connectivity index (χ2v) is 5.63. The molecule has 0 unspecified atom stereocenters. The number of carbonyl (C=O) groups excluding carboxylic acids is 1. The van der Waals surface area contributed by atoms with Gasteiger partial charge in [-0.1, -0.05) is 19.3 Å². The third-order valence-corrected chi connectivity index (χ3v) is 4.13. The molecule has 1 N–H and O–H groups in total. The largest absolute Gasteiger partial charge is 0.465 e. The molecule has 6 nitrogen and oxygen atoms in total. The standard InChI is InChI=1S/C16H22N4O2/c1-2-22-13(21)11-18-15-14(12-7-4-3-5-8-12)19-16-17-9-6-10-20(15)16/h6,9-10,12,18H,2-5,7-8,11H2,1H3. The molecule has 0 atom stereocenters. The van der Waals surface area contributed by atoms with Gasteiger partial charge in [-0.3, -0.25) is 9.20 Å². The molecule has 1 aliphatic carbocycles. The van der Waals surface area contributed by atoms with Gasteiger partial charge in [-0.15, -0.1) is 0 Å². The lowest BCUT2D eigenvalue weighted by Gasteiger charge is -2.21. The number of esters is 1. The van der Waals surface area contributed by atoms with Crippen LogP contribution in [-0.2, 0) is 9.53 Å². The fraction of sp³-hybridized carbons (Fsp3) is 0.562. The van der Waals surface area contributed by atoms with Crippen LogP contribution in [0.15, 0.2) is 18.5 Å². The van der Waals surface area contributed by atoms with Crippen LogP contribution in [0.4, 0.5) is 5.82 Å². The minimum absolute atomic E-state index is 0.149. The monoisotopic (exact) mass is 302 g/mol. The molecule has 0 amide bonds. The number of anilines is 1. The van der Waals surface area contributed by atoms with Gasteiger partial charge in [0.1, 0.15) is 12.4 Å². The van der Waals surface area contributed by atoms with E-state index in [-0.39, 0.29) is 12.5 Å². The summed E-state index contributed by atoms with van der Waals surface area (Å²) in [6, 6.07) is 1.87. The Kier molecular flexibility index (Phi) is 4.56. The quantitative estimate of drug-likeness (QED) is 0.860. The predicted octanol–water partition coefficient (Wildman–Crippen LogP) is 2.75. The highest BCUT2D eigenvalue weighted by atomic mass is 16.5. The number of aromatic nitrogens is 3. The van der Waals surface area contributed by atoms with Crippen molar-refractivity contribution in [2.45, 2.75) is 44.9 Å². The van der Waals surface area contributed by atoms with Crippen molar-refractivity contribution in [3.8, 4) is 0 Å². The molecule has 0 spiro atoms. The molecule has 118 valence electrons. The second kappa shape index (κ2) is 6.77. The number of nitrogens with zero attached hydrogens (tertiary/aromatic N) is 3. The molecule has 1 saturated carbocycles. The van der Waals surface area contributed by atoms with Gasteiger partial charge in [-0.2, -0.15) is 0 Å². The van der Waals surface area contributed by atoms with Gasteiger partial charge in [0.2, 0.25) is 5.78 Å². The fourth-order valence-electron chi connectivity index (χ4n) is 3.11. The van der Waals surface area contributed by atoms with Crippen LogP contribution in [0.5, 0.6) is 0 Å². The van der Waals surface area contributed by atoms with Crippen molar-refractivity contribution in [2.24, 2.45) is 0 Å². The van der Waals surface area contributed by atoms with Crippen LogP contribution >= 0.6 is 0 Å². The molecule has 3 rings (SSSR count). The lowest BCUT2D eigenvalue weighted by atomic mass is 9.87. The molecule has 2 heterocycles. The van der Waals surface area contributed by atoms with E-state index in [4.69, 9.17) is 9.72 Å². The molecule has 0 saturated heterocycles. The van der Waals surface area contributed by atoms with Crippen LogP contribution in [0.1, 0.15) is 50.6 Å². The van der Waals surface area contributed by atoms with E-state index < -0.39 is 0 Å². The molecule has 0 aromatic carbocycles. The first-order valence-electron chi connectivity index (χ1n) is 8.02. The smallest absolute Gasteiger partial charge is 0.325 e. The molecule has 6 heteroatoms. The zero-order valence-electron chi connectivity index (χ0n) is 12.9. The molecule has 0 aliphatic heterocycles. The molecule has 1 aliphatic rings. The molecule has 1 fully saturated rings. The van der Waals surface area contributed by atoms with Gasteiger partial charge in [-0.05, 0) is 25.8 Å². The van der Waals surface area contributed by atoms with Crippen LogP contribution in [0.3, 0.4) is 0 Å². The van der Waals surface area contributed by atoms with Gasteiger partial charge >= 0.3 is 5.97 Å². The van der Waals surface area contributed by atoms with Crippen LogP contribution in [0, 0.1) is 0 Å². The van der Waals surface area contributed by atoms with Crippen molar-refractivity contribution in [3.63, 3.8) is 0 Å². The number of carbonyl (C=O) groups is 1. The van der Waals surface area contributed by atoms with E-state index in [0.717, 1.165) is 24.4 Å². The van der Waals surface area contributed by atoms with E-state index in [0.29, 0.717) is 18.3 Å². The van der Waals surface area contributed by atoms with Crippen molar-refractivity contribution >= 4 is 17.6 Å². The summed E-state index contributed by atoms with van der Waals surface area (Å²) in [5.41, 5.74) is 1.03. The lowest BCUT2D eigenvalue weighted by Crippen LogP contribution is -2.19. The summed E-state index contributed by atoms with van der Waals surface area (Å²) in [5, 5.41) is 3.20. The van der Waals surface area contributed by atoms with E-state index in [1.807, 2.05) is 23.6 Å². The molecular weight excluding hydrogens is 280 g/mol. The first kappa shape index (κ1) is 14.8. The topological polar surface area (TPSA) is 68.5 Å². The van der Waals surface area contributed by atoms with Crippen molar-refractivity contribution in [1.29, 1.82) is 0 Å². The van der Waals surface area contributed by atoms with E-state index in [2.05, 4.69) is 10.3 Å². The number of rotatable bonds is 5. The van der Waals surface area contributed by atoms with Gasteiger partial charge in [0.25, 0.3) is 0 Å². The maximum absolute atomic E-state index is 11.6. The van der Waals surface area contributed by atoms with Crippen molar-refractivity contribution in [1.82, 2.24) is 14.4 Å². The maximum Gasteiger partial charge on any atom is 0.325 e. The molecule has 2 aromatic rings. The highest BCUT2D eigenvalue weighted by molar-refractivity contribution is 5.75. The Labute approximate surface area is 129 Å². The lowest BCUT2D eigenvalue weighted by molar-refractivity contribution is -0.140. The van der Waals surface area contributed by atoms with Crippen LogP contribution in [0.2, 0.25) is 0 Å². The Morgan fingerprint density at radius 3 is 3.00 bits per heavy atom. The molecule has 22 heavy (non-hydrogen) atoms. The van der Waals surface area contributed by atoms with Crippen LogP contribution < -0.4 is 5.32 Å². The Morgan fingerprint density at radius 2 is 2.23 bits per heavy atom. The normalized spacial score (nSPS) is 15.9. The molecule has 0 bridgehead atoms. The molecule has 0 radical (unpaired) electrons. The van der Waals surface area contributed by atoms with Crippen LogP contribution in [0.25, 0.3) is 5.78 Å². The van der Waals surface area contributed by atoms with Gasteiger partial charge in [0.15, 0.2) is 0 Å². The third kappa shape index (κ3) is 3.05. The summed E-state index contributed by atoms with van der Waals surface area (Å²) in [6.07, 6.45) is 9.74. The van der Waals surface area contributed by atoms with Crippen molar-refractivity contribution in [3.05, 3.63) is 24.2 Å². The first-order valence-corrected chi connectivity index (χ1v) is 8.02. The van der Waals surface area contributed by atoms with E-state index in [1.54, 1.807) is 6.20 Å². The summed E-state index contributed by atoms with van der Waals surface area (Å²) in [7, 11) is 0. The van der Waals surface area contributed by atoms with E-state index in [1.165, 1.54) is 19.3 Å². The third-order valence-electron chi connectivity index (χ3n) is 4.13. The number of imidazole rings is 1. The fourth-order valence-corrected chi connectivity index (χ4v) is 3.11. The Balaban J connectivity index is 1.88. The zero-order valence-corrected chi connectivity index (χ0v) is 12.9. The highest BCUT2D eigenvalue weighted by Gasteiger charge is 2.24. The summed E-state index contributed by atoms with van der Waals surface area (Å²) < 4.78 is 6.91. The highest BCUT2D eigenvalue weighted by Crippen LogP contribution is 2.36. The summed E-state index contributed by atoms with van der Waals surface area (Å²) >= 11 is 0. The van der Waals surface area contributed by atoms with Gasteiger partial charge < -0.3 is 10.1 Å². The van der Waals surface area contributed by atoms with E-state index >= 15 is 0 Å². The number of nitrogens with one attached hydrogen (secondary N) is 1. The number of fused-ring (bicyclic) bond motifs is 1. The average molecular weight is 302 g/mol. The van der Waals surface area contributed by atoms with Crippen LogP contribution in [-0.4, -0.2) is 33.5 Å². The van der Waals surface area contributed by atoms with Gasteiger partial charge in [-0.25, -0.2) is 9.97 Å². The first-order chi connectivity index (χ1) is 10.8. The summed E-state index contributed by atoms with van der Waals surface area (Å²) in [6.45, 7) is 2.35. The minimum Gasteiger partial charge on any atom is -0.465 e. The molecule has 2 aromatic heterocycles. The average Bonchev–Trinajstić information content (AvgIpc) is 2.93. The number of hydrogen-bond donors (Lipinski definition) is 1. The summed E-state index contributed by atoms with van der Waals surface area (Å²) in [4.78, 5) is 20.6. The SMILES string of the molecule is CCOC(=O)CNc1c(C2CCCCC2)nc2ncccn12. The predicted molar refractivity (Wildman–Crippen MR) is 83.9 cm³/mol. The Bertz CT molecular complexity index is 647. The summed E-state index contributed by atoms with van der Waals surface area (Å²) in [5.74, 6) is 1.74. The number of hydrogen-bond acceptors (Lipinski definition) is 5. The molecular formula is C16H22N4O2. The van der Waals surface area contributed by atoms with Crippen molar-refractivity contribution in [2.75, 3.05) is 18.5 Å². The zero-order chi connectivity index (χ0) is 15.4. The van der Waals surface area contributed by atoms with Crippen molar-refractivity contribution < 1.29 is 9.53 Å². The Hall–Kier alpha value is -2.11. The Morgan fingerprint density at radius 1 is 1.41 bits per heavy atom. The second-order valence-electron chi connectivity index (χ2n) is 5.63. The van der Waals surface area contributed by atoms with Gasteiger partial charge in [0.05, 0.1) is 12.3 Å².